The van der Waals surface area contributed by atoms with Crippen LogP contribution in [0.15, 0.2) is 35.4 Å². The Kier molecular flexibility index (Phi) is 3.94. The number of benzene rings is 1. The lowest BCUT2D eigenvalue weighted by Gasteiger charge is -2.20. The van der Waals surface area contributed by atoms with Gasteiger partial charge in [0.25, 0.3) is 5.69 Å². The fraction of sp³-hybridized carbons (Fsp3) is 0.357. The molecule has 0 aromatic heterocycles. The van der Waals surface area contributed by atoms with E-state index in [0.717, 1.165) is 30.4 Å². The number of non-ortho nitro benzene ring substituents is 1. The highest BCUT2D eigenvalue weighted by atomic mass is 16.6. The zero-order chi connectivity index (χ0) is 13.8. The minimum Gasteiger partial charge on any atom is -0.466 e. The van der Waals surface area contributed by atoms with E-state index >= 15 is 0 Å². The number of nitrogens with zero attached hydrogens (tertiary/aromatic N) is 1. The fourth-order valence-corrected chi connectivity index (χ4v) is 2.06. The molecule has 0 bridgehead atoms. The number of rotatable bonds is 4. The highest BCUT2D eigenvalue weighted by Gasteiger charge is 2.21. The summed E-state index contributed by atoms with van der Waals surface area (Å²) in [6.07, 6.45) is 3.46. The third-order valence-electron chi connectivity index (χ3n) is 3.34. The number of ether oxygens (including phenoxy) is 1. The summed E-state index contributed by atoms with van der Waals surface area (Å²) in [6, 6.07) is 6.27. The molecular formula is C14H15NO4. The molecular weight excluding hydrogens is 246 g/mol. The molecule has 100 valence electrons. The van der Waals surface area contributed by atoms with Crippen molar-refractivity contribution in [2.24, 2.45) is 0 Å². The smallest absolute Gasteiger partial charge is 0.334 e. The summed E-state index contributed by atoms with van der Waals surface area (Å²) < 4.78 is 4.80. The van der Waals surface area contributed by atoms with Crippen LogP contribution < -0.4 is 0 Å². The third kappa shape index (κ3) is 2.99. The van der Waals surface area contributed by atoms with Gasteiger partial charge in [0.05, 0.1) is 12.0 Å². The Morgan fingerprint density at radius 2 is 1.95 bits per heavy atom. The van der Waals surface area contributed by atoms with Crippen molar-refractivity contribution in [1.82, 2.24) is 0 Å². The van der Waals surface area contributed by atoms with Crippen LogP contribution in [0.2, 0.25) is 0 Å². The van der Waals surface area contributed by atoms with Crippen LogP contribution in [-0.2, 0) is 16.0 Å². The number of esters is 1. The normalized spacial score (nSPS) is 13.6. The molecule has 5 heteroatoms. The van der Waals surface area contributed by atoms with Crippen LogP contribution in [0.5, 0.6) is 0 Å². The number of hydrogen-bond donors (Lipinski definition) is 0. The van der Waals surface area contributed by atoms with E-state index in [9.17, 15) is 14.9 Å². The van der Waals surface area contributed by atoms with E-state index in [0.29, 0.717) is 12.0 Å². The average Bonchev–Trinajstić information content (AvgIpc) is 2.35. The van der Waals surface area contributed by atoms with Gasteiger partial charge in [-0.25, -0.2) is 4.79 Å². The van der Waals surface area contributed by atoms with Gasteiger partial charge in [0.1, 0.15) is 0 Å². The van der Waals surface area contributed by atoms with E-state index in [-0.39, 0.29) is 11.7 Å². The Morgan fingerprint density at radius 1 is 1.32 bits per heavy atom. The molecule has 2 rings (SSSR count). The standard InChI is InChI=1S/C14H15NO4/c1-19-14(16)13(11-3-2-4-11)9-10-5-7-12(8-6-10)15(17)18/h5-8H,2-4,9H2,1H3. The summed E-state index contributed by atoms with van der Waals surface area (Å²) in [6.45, 7) is 0. The van der Waals surface area contributed by atoms with E-state index in [1.54, 1.807) is 12.1 Å². The van der Waals surface area contributed by atoms with Gasteiger partial charge in [0, 0.05) is 24.1 Å². The molecule has 1 fully saturated rings. The molecule has 1 aliphatic rings. The minimum absolute atomic E-state index is 0.0552. The van der Waals surface area contributed by atoms with Gasteiger partial charge in [-0.1, -0.05) is 17.7 Å². The molecule has 0 atom stereocenters. The summed E-state index contributed by atoms with van der Waals surface area (Å²) in [7, 11) is 1.37. The van der Waals surface area contributed by atoms with Crippen LogP contribution in [0.3, 0.4) is 0 Å². The molecule has 0 heterocycles. The first kappa shape index (κ1) is 13.3. The fourth-order valence-electron chi connectivity index (χ4n) is 2.06. The summed E-state index contributed by atoms with van der Waals surface area (Å²) in [5, 5.41) is 10.6. The topological polar surface area (TPSA) is 69.4 Å². The quantitative estimate of drug-likeness (QED) is 0.361. The Labute approximate surface area is 111 Å². The summed E-state index contributed by atoms with van der Waals surface area (Å²) in [5.74, 6) is -0.298. The monoisotopic (exact) mass is 261 g/mol. The minimum atomic E-state index is -0.435. The number of hydrogen-bond acceptors (Lipinski definition) is 4. The maximum atomic E-state index is 11.7. The van der Waals surface area contributed by atoms with E-state index in [4.69, 9.17) is 4.74 Å². The van der Waals surface area contributed by atoms with Crippen molar-refractivity contribution < 1.29 is 14.5 Å². The molecule has 5 nitrogen and oxygen atoms in total. The SMILES string of the molecule is COC(=O)C(Cc1ccc([N+](=O)[O-])cc1)=C1CCC1. The molecule has 0 spiro atoms. The van der Waals surface area contributed by atoms with Crippen molar-refractivity contribution in [1.29, 1.82) is 0 Å². The number of nitro groups is 1. The molecule has 1 aromatic carbocycles. The average molecular weight is 261 g/mol. The molecule has 0 N–H and O–H groups in total. The predicted octanol–water partition coefficient (Wildman–Crippen LogP) is 2.79. The third-order valence-corrected chi connectivity index (χ3v) is 3.34. The van der Waals surface area contributed by atoms with Crippen molar-refractivity contribution in [3.8, 4) is 0 Å². The zero-order valence-corrected chi connectivity index (χ0v) is 10.7. The second kappa shape index (κ2) is 5.65. The lowest BCUT2D eigenvalue weighted by atomic mass is 9.85. The first-order valence-electron chi connectivity index (χ1n) is 6.14. The molecule has 19 heavy (non-hydrogen) atoms. The van der Waals surface area contributed by atoms with Gasteiger partial charge in [-0.2, -0.15) is 0 Å². The molecule has 1 aliphatic carbocycles. The van der Waals surface area contributed by atoms with Crippen LogP contribution in [0, 0.1) is 10.1 Å². The largest absolute Gasteiger partial charge is 0.466 e. The molecule has 0 saturated heterocycles. The highest BCUT2D eigenvalue weighted by Crippen LogP contribution is 2.31. The molecule has 0 amide bonds. The maximum absolute atomic E-state index is 11.7. The van der Waals surface area contributed by atoms with Crippen LogP contribution >= 0.6 is 0 Å². The Morgan fingerprint density at radius 3 is 2.37 bits per heavy atom. The molecule has 0 radical (unpaired) electrons. The van der Waals surface area contributed by atoms with E-state index < -0.39 is 4.92 Å². The first-order chi connectivity index (χ1) is 9.11. The number of allylic oxidation sites excluding steroid dienone is 1. The van der Waals surface area contributed by atoms with Gasteiger partial charge >= 0.3 is 5.97 Å². The molecule has 0 unspecified atom stereocenters. The maximum Gasteiger partial charge on any atom is 0.334 e. The number of nitro benzene ring substituents is 1. The van der Waals surface area contributed by atoms with Gasteiger partial charge in [-0.05, 0) is 24.8 Å². The van der Waals surface area contributed by atoms with Crippen molar-refractivity contribution in [3.63, 3.8) is 0 Å². The lowest BCUT2D eigenvalue weighted by Crippen LogP contribution is -2.14. The van der Waals surface area contributed by atoms with Gasteiger partial charge in [0.2, 0.25) is 0 Å². The second-order valence-corrected chi connectivity index (χ2v) is 4.53. The van der Waals surface area contributed by atoms with Crippen LogP contribution in [0.25, 0.3) is 0 Å². The first-order valence-corrected chi connectivity index (χ1v) is 6.14. The predicted molar refractivity (Wildman–Crippen MR) is 69.7 cm³/mol. The summed E-state index contributed by atoms with van der Waals surface area (Å²) >= 11 is 0. The van der Waals surface area contributed by atoms with Crippen LogP contribution in [-0.4, -0.2) is 18.0 Å². The van der Waals surface area contributed by atoms with Crippen molar-refractivity contribution in [3.05, 3.63) is 51.1 Å². The van der Waals surface area contributed by atoms with Crippen molar-refractivity contribution in [2.45, 2.75) is 25.7 Å². The Hall–Kier alpha value is -2.17. The molecule has 1 aromatic rings. The summed E-state index contributed by atoms with van der Waals surface area (Å²) in [4.78, 5) is 21.9. The lowest BCUT2D eigenvalue weighted by molar-refractivity contribution is -0.384. The van der Waals surface area contributed by atoms with Gasteiger partial charge in [0.15, 0.2) is 0 Å². The zero-order valence-electron chi connectivity index (χ0n) is 10.7. The van der Waals surface area contributed by atoms with E-state index in [1.807, 2.05) is 0 Å². The second-order valence-electron chi connectivity index (χ2n) is 4.53. The highest BCUT2D eigenvalue weighted by molar-refractivity contribution is 5.90. The van der Waals surface area contributed by atoms with Crippen molar-refractivity contribution in [2.75, 3.05) is 7.11 Å². The Bertz CT molecular complexity index is 525. The number of carbonyl (C=O) groups is 1. The van der Waals surface area contributed by atoms with Crippen LogP contribution in [0.4, 0.5) is 5.69 Å². The van der Waals surface area contributed by atoms with E-state index in [1.165, 1.54) is 19.2 Å². The Balaban J connectivity index is 2.18. The van der Waals surface area contributed by atoms with Gasteiger partial charge in [-0.3, -0.25) is 10.1 Å². The van der Waals surface area contributed by atoms with Crippen molar-refractivity contribution >= 4 is 11.7 Å². The molecule has 0 aliphatic heterocycles. The summed E-state index contributed by atoms with van der Waals surface area (Å²) in [5.41, 5.74) is 2.78. The van der Waals surface area contributed by atoms with Gasteiger partial charge < -0.3 is 4.74 Å². The molecule has 1 saturated carbocycles. The number of carbonyl (C=O) groups excluding carboxylic acids is 1. The van der Waals surface area contributed by atoms with Gasteiger partial charge in [-0.15, -0.1) is 0 Å². The van der Waals surface area contributed by atoms with E-state index in [2.05, 4.69) is 0 Å². The number of methoxy groups -OCH3 is 1. The van der Waals surface area contributed by atoms with Crippen LogP contribution in [0.1, 0.15) is 24.8 Å².